The predicted octanol–water partition coefficient (Wildman–Crippen LogP) is 3.12. The lowest BCUT2D eigenvalue weighted by Crippen LogP contribution is -2.16. The van der Waals surface area contributed by atoms with Gasteiger partial charge in [0.1, 0.15) is 5.69 Å². The van der Waals surface area contributed by atoms with Crippen LogP contribution < -0.4 is 10.6 Å². The Balaban J connectivity index is 1.66. The normalized spacial score (nSPS) is 10.7. The predicted molar refractivity (Wildman–Crippen MR) is 116 cm³/mol. The van der Waals surface area contributed by atoms with Crippen LogP contribution in [0.5, 0.6) is 0 Å². The number of anilines is 2. The lowest BCUT2D eigenvalue weighted by atomic mass is 10.1. The Bertz CT molecular complexity index is 1270. The zero-order chi connectivity index (χ0) is 22.0. The zero-order valence-corrected chi connectivity index (χ0v) is 17.3. The molecule has 156 valence electrons. The van der Waals surface area contributed by atoms with Crippen molar-refractivity contribution in [2.75, 3.05) is 10.6 Å². The molecule has 0 fully saturated rings. The summed E-state index contributed by atoms with van der Waals surface area (Å²) >= 11 is 0. The van der Waals surface area contributed by atoms with Gasteiger partial charge in [-0.25, -0.2) is 0 Å². The maximum atomic E-state index is 12.8. The molecule has 2 amide bonds. The molecular weight excluding hydrogens is 394 g/mol. The summed E-state index contributed by atoms with van der Waals surface area (Å²) in [5.41, 5.74) is 3.30. The number of aromatic nitrogens is 5. The van der Waals surface area contributed by atoms with E-state index in [1.165, 1.54) is 4.68 Å². The van der Waals surface area contributed by atoms with Gasteiger partial charge in [0.25, 0.3) is 17.8 Å². The van der Waals surface area contributed by atoms with E-state index in [0.717, 1.165) is 11.1 Å². The molecule has 2 heterocycles. The molecule has 4 rings (SSSR count). The summed E-state index contributed by atoms with van der Waals surface area (Å²) in [6, 6.07) is 14.5. The molecule has 2 aromatic heterocycles. The van der Waals surface area contributed by atoms with Gasteiger partial charge in [0.15, 0.2) is 0 Å². The number of aryl methyl sites for hydroxylation is 3. The largest absolute Gasteiger partial charge is 0.290 e. The van der Waals surface area contributed by atoms with Gasteiger partial charge >= 0.3 is 0 Å². The summed E-state index contributed by atoms with van der Waals surface area (Å²) in [5, 5.41) is 14.0. The molecule has 0 saturated carbocycles. The van der Waals surface area contributed by atoms with Gasteiger partial charge in [0.05, 0.1) is 12.4 Å². The van der Waals surface area contributed by atoms with E-state index in [2.05, 4.69) is 25.8 Å². The van der Waals surface area contributed by atoms with Crippen molar-refractivity contribution >= 4 is 23.7 Å². The van der Waals surface area contributed by atoms with Gasteiger partial charge in [-0.3, -0.25) is 24.9 Å². The monoisotopic (exact) mass is 415 g/mol. The molecule has 0 radical (unpaired) electrons. The number of nitrogens with zero attached hydrogens (tertiary/aromatic N) is 5. The lowest BCUT2D eigenvalue weighted by molar-refractivity contribution is 0.101. The van der Waals surface area contributed by atoms with Crippen LogP contribution in [0.1, 0.15) is 31.8 Å². The van der Waals surface area contributed by atoms with Gasteiger partial charge < -0.3 is 0 Å². The average Bonchev–Trinajstić information content (AvgIpc) is 3.34. The first-order chi connectivity index (χ1) is 14.9. The maximum Gasteiger partial charge on any atom is 0.258 e. The molecule has 9 nitrogen and oxygen atoms in total. The number of hydrogen-bond donors (Lipinski definition) is 2. The van der Waals surface area contributed by atoms with Crippen LogP contribution in [-0.4, -0.2) is 36.4 Å². The van der Waals surface area contributed by atoms with E-state index in [1.54, 1.807) is 48.4 Å². The number of benzene rings is 2. The number of carbonyl (C=O) groups is 2. The highest BCUT2D eigenvalue weighted by Gasteiger charge is 2.19. The van der Waals surface area contributed by atoms with E-state index >= 15 is 0 Å². The Morgan fingerprint density at radius 3 is 2.00 bits per heavy atom. The smallest absolute Gasteiger partial charge is 0.258 e. The fourth-order valence-corrected chi connectivity index (χ4v) is 3.14. The van der Waals surface area contributed by atoms with Crippen molar-refractivity contribution in [2.45, 2.75) is 13.8 Å². The van der Waals surface area contributed by atoms with Crippen molar-refractivity contribution in [2.24, 2.45) is 7.05 Å². The summed E-state index contributed by atoms with van der Waals surface area (Å²) in [7, 11) is 1.77. The minimum absolute atomic E-state index is 0.0668. The fourth-order valence-electron chi connectivity index (χ4n) is 3.14. The molecule has 0 unspecified atom stereocenters. The Hall–Kier alpha value is -4.27. The number of carbonyl (C=O) groups excluding carboxylic acids is 2. The first kappa shape index (κ1) is 20.0. The van der Waals surface area contributed by atoms with Crippen molar-refractivity contribution in [3.63, 3.8) is 0 Å². The molecule has 2 N–H and O–H groups in total. The zero-order valence-electron chi connectivity index (χ0n) is 17.3. The van der Waals surface area contributed by atoms with E-state index in [4.69, 9.17) is 0 Å². The number of amides is 2. The summed E-state index contributed by atoms with van der Waals surface area (Å²) in [4.78, 5) is 29.8. The second-order valence-electron chi connectivity index (χ2n) is 7.08. The molecule has 31 heavy (non-hydrogen) atoms. The van der Waals surface area contributed by atoms with Crippen LogP contribution >= 0.6 is 0 Å². The second-order valence-corrected chi connectivity index (χ2v) is 7.08. The van der Waals surface area contributed by atoms with E-state index < -0.39 is 0 Å². The molecule has 0 aliphatic carbocycles. The Kier molecular flexibility index (Phi) is 5.31. The van der Waals surface area contributed by atoms with Crippen molar-refractivity contribution in [1.82, 2.24) is 24.5 Å². The van der Waals surface area contributed by atoms with E-state index in [1.807, 2.05) is 38.1 Å². The molecule has 0 aliphatic heterocycles. The summed E-state index contributed by atoms with van der Waals surface area (Å²) < 4.78 is 3.03. The Morgan fingerprint density at radius 1 is 0.871 bits per heavy atom. The first-order valence-corrected chi connectivity index (χ1v) is 9.62. The third-order valence-electron chi connectivity index (χ3n) is 4.77. The van der Waals surface area contributed by atoms with Gasteiger partial charge in [-0.1, -0.05) is 36.4 Å². The van der Waals surface area contributed by atoms with Gasteiger partial charge in [-0.05, 0) is 37.1 Å². The van der Waals surface area contributed by atoms with Crippen LogP contribution in [0.2, 0.25) is 0 Å². The second kappa shape index (κ2) is 8.23. The molecule has 9 heteroatoms. The molecule has 4 aromatic rings. The van der Waals surface area contributed by atoms with Gasteiger partial charge in [-0.2, -0.15) is 14.8 Å². The van der Waals surface area contributed by atoms with Gasteiger partial charge in [0.2, 0.25) is 5.95 Å². The van der Waals surface area contributed by atoms with Crippen molar-refractivity contribution in [3.05, 3.63) is 83.2 Å². The summed E-state index contributed by atoms with van der Waals surface area (Å²) in [5.74, 6) is -0.427. The molecular formula is C22H21N7O2. The highest BCUT2D eigenvalue weighted by Crippen LogP contribution is 2.18. The minimum Gasteiger partial charge on any atom is -0.290 e. The molecule has 0 saturated heterocycles. The minimum atomic E-state index is -0.335. The van der Waals surface area contributed by atoms with Gasteiger partial charge in [0, 0.05) is 18.2 Å². The van der Waals surface area contributed by atoms with Crippen molar-refractivity contribution < 1.29 is 9.59 Å². The van der Waals surface area contributed by atoms with Crippen LogP contribution in [0.25, 0.3) is 5.69 Å². The highest BCUT2D eigenvalue weighted by atomic mass is 16.2. The number of nitrogens with one attached hydrogen (secondary N) is 2. The topological polar surface area (TPSA) is 107 Å². The molecule has 0 atom stereocenters. The molecule has 0 bridgehead atoms. The van der Waals surface area contributed by atoms with Crippen LogP contribution in [0.15, 0.2) is 60.9 Å². The van der Waals surface area contributed by atoms with Crippen LogP contribution in [0.4, 0.5) is 11.9 Å². The molecule has 0 aliphatic rings. The highest BCUT2D eigenvalue weighted by molar-refractivity contribution is 6.06. The first-order valence-electron chi connectivity index (χ1n) is 9.62. The van der Waals surface area contributed by atoms with Crippen LogP contribution in [-0.2, 0) is 7.05 Å². The van der Waals surface area contributed by atoms with E-state index in [0.29, 0.717) is 16.8 Å². The molecule has 0 spiro atoms. The maximum absolute atomic E-state index is 12.8. The Labute approximate surface area is 178 Å². The fraction of sp³-hybridized carbons (Fsp3) is 0.136. The molecule has 2 aromatic carbocycles. The number of rotatable bonds is 5. The summed E-state index contributed by atoms with van der Waals surface area (Å²) in [6.07, 6.45) is 3.32. The lowest BCUT2D eigenvalue weighted by Gasteiger charge is -2.07. The standard InChI is InChI=1S/C22H21N7O2/c1-14-8-4-6-10-17(14)19(30)24-21-26-22(29(27-21)16-12-23-28(3)13-16)25-20(31)18-11-7-5-9-15(18)2/h4-13H,1-3H3,(H2,24,25,26,27,30,31). The van der Waals surface area contributed by atoms with Crippen LogP contribution in [0, 0.1) is 13.8 Å². The third-order valence-corrected chi connectivity index (χ3v) is 4.77. The third kappa shape index (κ3) is 4.20. The SMILES string of the molecule is Cc1ccccc1C(=O)Nc1nc(NC(=O)c2ccccc2C)n(-c2cnn(C)c2)n1. The van der Waals surface area contributed by atoms with Crippen molar-refractivity contribution in [3.8, 4) is 5.69 Å². The van der Waals surface area contributed by atoms with Crippen molar-refractivity contribution in [1.29, 1.82) is 0 Å². The van der Waals surface area contributed by atoms with Gasteiger partial charge in [-0.15, -0.1) is 5.10 Å². The average molecular weight is 415 g/mol. The summed E-state index contributed by atoms with van der Waals surface area (Å²) in [6.45, 7) is 3.71. The van der Waals surface area contributed by atoms with E-state index in [9.17, 15) is 9.59 Å². The Morgan fingerprint density at radius 2 is 1.45 bits per heavy atom. The van der Waals surface area contributed by atoms with Crippen LogP contribution in [0.3, 0.4) is 0 Å². The van der Waals surface area contributed by atoms with E-state index in [-0.39, 0.29) is 23.7 Å². The quantitative estimate of drug-likeness (QED) is 0.521. The number of hydrogen-bond acceptors (Lipinski definition) is 5.